The summed E-state index contributed by atoms with van der Waals surface area (Å²) in [5, 5.41) is 3.34. The van der Waals surface area contributed by atoms with Crippen LogP contribution in [0.2, 0.25) is 0 Å². The zero-order valence-corrected chi connectivity index (χ0v) is 8.79. The Morgan fingerprint density at radius 2 is 2.43 bits per heavy atom. The van der Waals surface area contributed by atoms with Crippen LogP contribution in [-0.4, -0.2) is 39.0 Å². The second-order valence-electron chi connectivity index (χ2n) is 3.92. The summed E-state index contributed by atoms with van der Waals surface area (Å²) in [6.07, 6.45) is 6.28. The van der Waals surface area contributed by atoms with Gasteiger partial charge in [-0.25, -0.2) is 0 Å². The molecular formula is C11H19NO2. The normalized spacial score (nSPS) is 30.1. The van der Waals surface area contributed by atoms with Gasteiger partial charge in [0, 0.05) is 0 Å². The Morgan fingerprint density at radius 3 is 3.00 bits per heavy atom. The van der Waals surface area contributed by atoms with Gasteiger partial charge in [0.05, 0.1) is 32.0 Å². The fourth-order valence-electron chi connectivity index (χ4n) is 2.29. The molecule has 2 rings (SSSR count). The molecule has 2 atom stereocenters. The molecule has 0 aromatic heterocycles. The van der Waals surface area contributed by atoms with Crippen LogP contribution in [0.25, 0.3) is 0 Å². The van der Waals surface area contributed by atoms with Crippen LogP contribution in [0.15, 0.2) is 11.6 Å². The maximum absolute atomic E-state index is 5.72. The van der Waals surface area contributed by atoms with E-state index in [1.165, 1.54) is 24.8 Å². The summed E-state index contributed by atoms with van der Waals surface area (Å²) in [6, 6.07) is 0.359. The molecule has 0 aromatic rings. The van der Waals surface area contributed by atoms with Crippen LogP contribution in [0.5, 0.6) is 0 Å². The van der Waals surface area contributed by atoms with Gasteiger partial charge in [-0.2, -0.15) is 0 Å². The standard InChI is InChI=1S/C11H19NO2/c1-12-11(9-4-2-3-5-9)10-8-13-6-7-14-10/h4,10-12H,2-3,5-8H2,1H3. The second kappa shape index (κ2) is 4.91. The van der Waals surface area contributed by atoms with Crippen LogP contribution in [0.4, 0.5) is 0 Å². The maximum Gasteiger partial charge on any atom is 0.1000 e. The van der Waals surface area contributed by atoms with E-state index in [0.29, 0.717) is 6.04 Å². The molecule has 0 aromatic carbocycles. The highest BCUT2D eigenvalue weighted by Crippen LogP contribution is 2.24. The summed E-state index contributed by atoms with van der Waals surface area (Å²) in [5.41, 5.74) is 1.50. The zero-order chi connectivity index (χ0) is 9.80. The molecule has 2 aliphatic rings. The predicted octanol–water partition coefficient (Wildman–Crippen LogP) is 1.10. The van der Waals surface area contributed by atoms with Crippen molar-refractivity contribution in [3.8, 4) is 0 Å². The largest absolute Gasteiger partial charge is 0.376 e. The average molecular weight is 197 g/mol. The smallest absolute Gasteiger partial charge is 0.1000 e. The summed E-state index contributed by atoms with van der Waals surface area (Å²) in [7, 11) is 2.00. The molecule has 0 spiro atoms. The third kappa shape index (κ3) is 2.16. The molecule has 1 aliphatic heterocycles. The van der Waals surface area contributed by atoms with E-state index < -0.39 is 0 Å². The number of nitrogens with one attached hydrogen (secondary N) is 1. The van der Waals surface area contributed by atoms with E-state index in [0.717, 1.165) is 19.8 Å². The highest BCUT2D eigenvalue weighted by molar-refractivity contribution is 5.17. The average Bonchev–Trinajstić information content (AvgIpc) is 2.74. The van der Waals surface area contributed by atoms with Crippen molar-refractivity contribution in [2.75, 3.05) is 26.9 Å². The van der Waals surface area contributed by atoms with Gasteiger partial charge in [-0.3, -0.25) is 0 Å². The first-order chi connectivity index (χ1) is 6.92. The highest BCUT2D eigenvalue weighted by atomic mass is 16.6. The van der Waals surface area contributed by atoms with E-state index in [-0.39, 0.29) is 6.10 Å². The van der Waals surface area contributed by atoms with Crippen molar-refractivity contribution in [1.29, 1.82) is 0 Å². The molecule has 1 aliphatic carbocycles. The molecule has 0 amide bonds. The lowest BCUT2D eigenvalue weighted by Crippen LogP contribution is -2.46. The lowest BCUT2D eigenvalue weighted by Gasteiger charge is -2.31. The van der Waals surface area contributed by atoms with Crippen molar-refractivity contribution >= 4 is 0 Å². The van der Waals surface area contributed by atoms with E-state index in [2.05, 4.69) is 11.4 Å². The van der Waals surface area contributed by atoms with Gasteiger partial charge in [0.15, 0.2) is 0 Å². The second-order valence-corrected chi connectivity index (χ2v) is 3.92. The maximum atomic E-state index is 5.72. The highest BCUT2D eigenvalue weighted by Gasteiger charge is 2.27. The fourth-order valence-corrected chi connectivity index (χ4v) is 2.29. The van der Waals surface area contributed by atoms with Crippen molar-refractivity contribution < 1.29 is 9.47 Å². The van der Waals surface area contributed by atoms with Crippen molar-refractivity contribution in [3.05, 3.63) is 11.6 Å². The summed E-state index contributed by atoms with van der Waals surface area (Å²) < 4.78 is 11.1. The van der Waals surface area contributed by atoms with Crippen molar-refractivity contribution in [2.45, 2.75) is 31.4 Å². The van der Waals surface area contributed by atoms with Crippen LogP contribution in [-0.2, 0) is 9.47 Å². The minimum absolute atomic E-state index is 0.207. The SMILES string of the molecule is CNC(C1=CCCC1)C1COCCO1. The third-order valence-corrected chi connectivity index (χ3v) is 3.00. The van der Waals surface area contributed by atoms with Gasteiger partial charge >= 0.3 is 0 Å². The number of ether oxygens (including phenoxy) is 2. The van der Waals surface area contributed by atoms with Gasteiger partial charge in [-0.15, -0.1) is 0 Å². The molecule has 0 radical (unpaired) electrons. The molecule has 80 valence electrons. The van der Waals surface area contributed by atoms with Crippen LogP contribution in [0.1, 0.15) is 19.3 Å². The third-order valence-electron chi connectivity index (χ3n) is 3.00. The predicted molar refractivity (Wildman–Crippen MR) is 55.3 cm³/mol. The summed E-state index contributed by atoms with van der Waals surface area (Å²) in [5.74, 6) is 0. The first-order valence-corrected chi connectivity index (χ1v) is 5.47. The van der Waals surface area contributed by atoms with Crippen molar-refractivity contribution in [2.24, 2.45) is 0 Å². The Labute approximate surface area is 85.5 Å². The first kappa shape index (κ1) is 10.1. The van der Waals surface area contributed by atoms with E-state index in [4.69, 9.17) is 9.47 Å². The molecule has 1 fully saturated rings. The van der Waals surface area contributed by atoms with Gasteiger partial charge < -0.3 is 14.8 Å². The number of allylic oxidation sites excluding steroid dienone is 1. The molecule has 3 heteroatoms. The molecular weight excluding hydrogens is 178 g/mol. The summed E-state index contributed by atoms with van der Waals surface area (Å²) >= 11 is 0. The quantitative estimate of drug-likeness (QED) is 0.687. The Hall–Kier alpha value is -0.380. The molecule has 0 saturated carbocycles. The van der Waals surface area contributed by atoms with E-state index in [9.17, 15) is 0 Å². The minimum Gasteiger partial charge on any atom is -0.376 e. The van der Waals surface area contributed by atoms with Gasteiger partial charge in [0.2, 0.25) is 0 Å². The molecule has 1 N–H and O–H groups in total. The molecule has 1 saturated heterocycles. The molecule has 2 unspecified atom stereocenters. The number of hydrogen-bond donors (Lipinski definition) is 1. The Morgan fingerprint density at radius 1 is 1.50 bits per heavy atom. The first-order valence-electron chi connectivity index (χ1n) is 5.47. The topological polar surface area (TPSA) is 30.5 Å². The molecule has 3 nitrogen and oxygen atoms in total. The minimum atomic E-state index is 0.207. The van der Waals surface area contributed by atoms with Crippen molar-refractivity contribution in [3.63, 3.8) is 0 Å². The number of likely N-dealkylation sites (N-methyl/N-ethyl adjacent to an activating group) is 1. The summed E-state index contributed by atoms with van der Waals surface area (Å²) in [6.45, 7) is 2.20. The lowest BCUT2D eigenvalue weighted by molar-refractivity contribution is -0.0963. The van der Waals surface area contributed by atoms with Gasteiger partial charge in [-0.1, -0.05) is 11.6 Å². The van der Waals surface area contributed by atoms with E-state index in [1.807, 2.05) is 7.05 Å². The Bertz CT molecular complexity index is 209. The number of rotatable bonds is 3. The zero-order valence-electron chi connectivity index (χ0n) is 8.79. The van der Waals surface area contributed by atoms with Gasteiger partial charge in [0.1, 0.15) is 0 Å². The van der Waals surface area contributed by atoms with Crippen LogP contribution in [0.3, 0.4) is 0 Å². The van der Waals surface area contributed by atoms with Crippen LogP contribution >= 0.6 is 0 Å². The monoisotopic (exact) mass is 197 g/mol. The summed E-state index contributed by atoms with van der Waals surface area (Å²) in [4.78, 5) is 0. The van der Waals surface area contributed by atoms with Gasteiger partial charge in [-0.05, 0) is 26.3 Å². The molecule has 14 heavy (non-hydrogen) atoms. The Balaban J connectivity index is 1.96. The molecule has 1 heterocycles. The number of hydrogen-bond acceptors (Lipinski definition) is 3. The van der Waals surface area contributed by atoms with Gasteiger partial charge in [0.25, 0.3) is 0 Å². The Kier molecular flexibility index (Phi) is 3.56. The van der Waals surface area contributed by atoms with Crippen LogP contribution < -0.4 is 5.32 Å². The van der Waals surface area contributed by atoms with E-state index in [1.54, 1.807) is 0 Å². The van der Waals surface area contributed by atoms with Crippen LogP contribution in [0, 0.1) is 0 Å². The van der Waals surface area contributed by atoms with E-state index >= 15 is 0 Å². The lowest BCUT2D eigenvalue weighted by atomic mass is 10.0. The molecule has 0 bridgehead atoms. The fraction of sp³-hybridized carbons (Fsp3) is 0.818. The van der Waals surface area contributed by atoms with Crippen molar-refractivity contribution in [1.82, 2.24) is 5.32 Å².